The lowest BCUT2D eigenvalue weighted by Crippen LogP contribution is -2.25. The van der Waals surface area contributed by atoms with Crippen LogP contribution in [0.4, 0.5) is 11.4 Å². The first-order chi connectivity index (χ1) is 12.3. The monoisotopic (exact) mass is 392 g/mol. The minimum Gasteiger partial charge on any atom is -0.326 e. The summed E-state index contributed by atoms with van der Waals surface area (Å²) in [6.45, 7) is 2.36. The van der Waals surface area contributed by atoms with E-state index in [2.05, 4.69) is 5.32 Å². The number of hydrogen-bond donors (Lipinski definition) is 1. The molecule has 5 nitrogen and oxygen atoms in total. The predicted molar refractivity (Wildman–Crippen MR) is 105 cm³/mol. The summed E-state index contributed by atoms with van der Waals surface area (Å²) in [7, 11) is -3.21. The van der Waals surface area contributed by atoms with Gasteiger partial charge in [0.15, 0.2) is 0 Å². The third kappa shape index (κ3) is 4.37. The minimum atomic E-state index is -3.21. The molecule has 0 atom stereocenters. The fourth-order valence-electron chi connectivity index (χ4n) is 3.10. The van der Waals surface area contributed by atoms with Crippen LogP contribution in [-0.2, 0) is 21.2 Å². The van der Waals surface area contributed by atoms with Crippen LogP contribution in [0.5, 0.6) is 0 Å². The Kier molecular flexibility index (Phi) is 5.53. The van der Waals surface area contributed by atoms with E-state index >= 15 is 0 Å². The molecule has 1 aliphatic rings. The van der Waals surface area contributed by atoms with Crippen LogP contribution >= 0.6 is 11.6 Å². The highest BCUT2D eigenvalue weighted by Gasteiger charge is 2.29. The Morgan fingerprint density at radius 2 is 2.04 bits per heavy atom. The normalized spacial score (nSPS) is 15.8. The number of aryl methyl sites for hydroxylation is 2. The molecule has 0 radical (unpaired) electrons. The number of hydrogen-bond acceptors (Lipinski definition) is 3. The van der Waals surface area contributed by atoms with Crippen LogP contribution < -0.4 is 9.62 Å². The predicted octanol–water partition coefficient (Wildman–Crippen LogP) is 3.76. The highest BCUT2D eigenvalue weighted by atomic mass is 35.5. The molecule has 0 saturated carbocycles. The highest BCUT2D eigenvalue weighted by molar-refractivity contribution is 7.93. The van der Waals surface area contributed by atoms with Crippen molar-refractivity contribution in [2.45, 2.75) is 26.2 Å². The lowest BCUT2D eigenvalue weighted by atomic mass is 10.1. The molecule has 2 aromatic rings. The molecule has 0 unspecified atom stereocenters. The maximum Gasteiger partial charge on any atom is 0.235 e. The molecule has 1 amide bonds. The van der Waals surface area contributed by atoms with Gasteiger partial charge >= 0.3 is 0 Å². The average Bonchev–Trinajstić information content (AvgIpc) is 2.92. The van der Waals surface area contributed by atoms with E-state index in [1.54, 1.807) is 24.3 Å². The Labute approximate surface area is 159 Å². The molecular formula is C19H21ClN2O3S. The zero-order chi connectivity index (χ0) is 18.7. The maximum atomic E-state index is 12.2. The van der Waals surface area contributed by atoms with Gasteiger partial charge in [0.1, 0.15) is 0 Å². The SMILES string of the molecule is Cc1cc(NC(=O)CCc2cccc(Cl)c2)ccc1N1CCCS1(=O)=O. The number of benzene rings is 2. The summed E-state index contributed by atoms with van der Waals surface area (Å²) >= 11 is 5.95. The number of anilines is 2. The molecule has 1 saturated heterocycles. The van der Waals surface area contributed by atoms with Gasteiger partial charge in [0.05, 0.1) is 11.4 Å². The molecule has 7 heteroatoms. The summed E-state index contributed by atoms with van der Waals surface area (Å²) in [5.41, 5.74) is 3.18. The van der Waals surface area contributed by atoms with Gasteiger partial charge in [-0.1, -0.05) is 23.7 Å². The van der Waals surface area contributed by atoms with Gasteiger partial charge in [-0.25, -0.2) is 8.42 Å². The first-order valence-electron chi connectivity index (χ1n) is 8.50. The Morgan fingerprint density at radius 3 is 2.69 bits per heavy atom. The standard InChI is InChI=1S/C19H21ClN2O3S/c1-14-12-17(7-8-18(14)22-10-3-11-26(22,24)25)21-19(23)9-6-15-4-2-5-16(20)13-15/h2,4-5,7-8,12-13H,3,6,9-11H2,1H3,(H,21,23). The van der Waals surface area contributed by atoms with Gasteiger partial charge in [0.2, 0.25) is 15.9 Å². The first-order valence-corrected chi connectivity index (χ1v) is 10.5. The summed E-state index contributed by atoms with van der Waals surface area (Å²) < 4.78 is 25.6. The van der Waals surface area contributed by atoms with Crippen LogP contribution in [0.1, 0.15) is 24.0 Å². The van der Waals surface area contributed by atoms with Gasteiger partial charge in [-0.15, -0.1) is 0 Å². The quantitative estimate of drug-likeness (QED) is 0.842. The maximum absolute atomic E-state index is 12.2. The molecular weight excluding hydrogens is 372 g/mol. The fourth-order valence-corrected chi connectivity index (χ4v) is 4.94. The molecule has 0 aromatic heterocycles. The summed E-state index contributed by atoms with van der Waals surface area (Å²) in [4.78, 5) is 12.2. The number of rotatable bonds is 5. The molecule has 1 fully saturated rings. The van der Waals surface area contributed by atoms with E-state index < -0.39 is 10.0 Å². The fraction of sp³-hybridized carbons (Fsp3) is 0.316. The summed E-state index contributed by atoms with van der Waals surface area (Å²) in [5.74, 6) is 0.0972. The number of sulfonamides is 1. The Bertz CT molecular complexity index is 928. The molecule has 0 bridgehead atoms. The summed E-state index contributed by atoms with van der Waals surface area (Å²) in [6, 6.07) is 12.8. The second-order valence-corrected chi connectivity index (χ2v) is 8.87. The second kappa shape index (κ2) is 7.68. The van der Waals surface area contributed by atoms with Crippen molar-refractivity contribution >= 4 is 38.9 Å². The van der Waals surface area contributed by atoms with Crippen molar-refractivity contribution in [2.24, 2.45) is 0 Å². The van der Waals surface area contributed by atoms with Gasteiger partial charge in [-0.2, -0.15) is 0 Å². The van der Waals surface area contributed by atoms with Gasteiger partial charge in [0, 0.05) is 23.7 Å². The van der Waals surface area contributed by atoms with Gasteiger partial charge < -0.3 is 5.32 Å². The van der Waals surface area contributed by atoms with E-state index in [1.165, 1.54) is 4.31 Å². The van der Waals surface area contributed by atoms with Crippen molar-refractivity contribution in [2.75, 3.05) is 21.9 Å². The van der Waals surface area contributed by atoms with Crippen molar-refractivity contribution in [3.05, 3.63) is 58.6 Å². The number of carbonyl (C=O) groups excluding carboxylic acids is 1. The summed E-state index contributed by atoms with van der Waals surface area (Å²) in [6.07, 6.45) is 1.60. The second-order valence-electron chi connectivity index (χ2n) is 6.42. The van der Waals surface area contributed by atoms with Crippen LogP contribution in [0.25, 0.3) is 0 Å². The van der Waals surface area contributed by atoms with E-state index in [4.69, 9.17) is 11.6 Å². The van der Waals surface area contributed by atoms with Crippen LogP contribution in [0.3, 0.4) is 0 Å². The number of nitrogens with one attached hydrogen (secondary N) is 1. The molecule has 2 aromatic carbocycles. The van der Waals surface area contributed by atoms with E-state index in [9.17, 15) is 13.2 Å². The smallest absolute Gasteiger partial charge is 0.235 e. The Balaban J connectivity index is 1.63. The Hall–Kier alpha value is -2.05. The molecule has 1 aliphatic heterocycles. The third-order valence-electron chi connectivity index (χ3n) is 4.38. The molecule has 0 spiro atoms. The number of nitrogens with zero attached hydrogens (tertiary/aromatic N) is 1. The number of carbonyl (C=O) groups is 1. The Morgan fingerprint density at radius 1 is 1.23 bits per heavy atom. The van der Waals surface area contributed by atoms with Gasteiger partial charge in [-0.3, -0.25) is 9.10 Å². The average molecular weight is 393 g/mol. The zero-order valence-corrected chi connectivity index (χ0v) is 16.1. The number of halogens is 1. The molecule has 3 rings (SSSR count). The summed E-state index contributed by atoms with van der Waals surface area (Å²) in [5, 5.41) is 3.52. The molecule has 0 aliphatic carbocycles. The van der Waals surface area contributed by atoms with Gasteiger partial charge in [0.25, 0.3) is 0 Å². The van der Waals surface area contributed by atoms with Crippen LogP contribution in [0.2, 0.25) is 5.02 Å². The molecule has 1 N–H and O–H groups in total. The first kappa shape index (κ1) is 18.7. The van der Waals surface area contributed by atoms with Crippen molar-refractivity contribution < 1.29 is 13.2 Å². The topological polar surface area (TPSA) is 66.5 Å². The minimum absolute atomic E-state index is 0.0917. The zero-order valence-electron chi connectivity index (χ0n) is 14.5. The van der Waals surface area contributed by atoms with Crippen LogP contribution in [-0.4, -0.2) is 26.6 Å². The molecule has 138 valence electrons. The van der Waals surface area contributed by atoms with Crippen molar-refractivity contribution in [1.29, 1.82) is 0 Å². The van der Waals surface area contributed by atoms with Crippen LogP contribution in [0.15, 0.2) is 42.5 Å². The number of amides is 1. The molecule has 1 heterocycles. The van der Waals surface area contributed by atoms with E-state index in [-0.39, 0.29) is 11.7 Å². The van der Waals surface area contributed by atoms with Crippen molar-refractivity contribution in [3.8, 4) is 0 Å². The van der Waals surface area contributed by atoms with Crippen molar-refractivity contribution in [3.63, 3.8) is 0 Å². The third-order valence-corrected chi connectivity index (χ3v) is 6.47. The lowest BCUT2D eigenvalue weighted by molar-refractivity contribution is -0.116. The molecule has 26 heavy (non-hydrogen) atoms. The lowest BCUT2D eigenvalue weighted by Gasteiger charge is -2.20. The van der Waals surface area contributed by atoms with Crippen molar-refractivity contribution in [1.82, 2.24) is 0 Å². The van der Waals surface area contributed by atoms with Crippen LogP contribution in [0, 0.1) is 6.92 Å². The van der Waals surface area contributed by atoms with E-state index in [1.807, 2.05) is 25.1 Å². The largest absolute Gasteiger partial charge is 0.326 e. The highest BCUT2D eigenvalue weighted by Crippen LogP contribution is 2.29. The van der Waals surface area contributed by atoms with E-state index in [0.717, 1.165) is 11.1 Å². The van der Waals surface area contributed by atoms with Gasteiger partial charge in [-0.05, 0) is 61.2 Å². The van der Waals surface area contributed by atoms with E-state index in [0.29, 0.717) is 42.2 Å².